The molecule has 2 aromatic heterocycles. The van der Waals surface area contributed by atoms with Gasteiger partial charge in [0, 0.05) is 22.9 Å². The Bertz CT molecular complexity index is 1260. The first-order chi connectivity index (χ1) is 14.8. The molecular weight excluding hydrogens is 377 g/mol. The van der Waals surface area contributed by atoms with Crippen LogP contribution in [-0.4, -0.2) is 24.8 Å². The van der Waals surface area contributed by atoms with Crippen LogP contribution in [0.15, 0.2) is 97.3 Å². The van der Waals surface area contributed by atoms with Crippen molar-refractivity contribution in [3.63, 3.8) is 0 Å². The fourth-order valence-corrected chi connectivity index (χ4v) is 3.38. The second-order valence-corrected chi connectivity index (χ2v) is 6.96. The van der Waals surface area contributed by atoms with Crippen LogP contribution in [0.25, 0.3) is 28.2 Å². The minimum absolute atomic E-state index is 0.271. The molecule has 0 aliphatic carbocycles. The molecule has 0 bridgehead atoms. The molecule has 0 saturated heterocycles. The van der Waals surface area contributed by atoms with E-state index in [1.165, 1.54) is 12.1 Å². The van der Waals surface area contributed by atoms with Crippen molar-refractivity contribution in [3.05, 3.63) is 109 Å². The number of hydrogen-bond donors (Lipinski definition) is 0. The molecule has 0 aliphatic heterocycles. The summed E-state index contributed by atoms with van der Waals surface area (Å²) in [6.07, 6.45) is 3.89. The van der Waals surface area contributed by atoms with Gasteiger partial charge in [-0.15, -0.1) is 5.10 Å². The average molecular weight is 395 g/mol. The molecule has 2 heterocycles. The second-order valence-electron chi connectivity index (χ2n) is 6.96. The highest BCUT2D eigenvalue weighted by Crippen LogP contribution is 2.25. The summed E-state index contributed by atoms with van der Waals surface area (Å²) < 4.78 is 16.9. The Hall–Kier alpha value is -4.06. The van der Waals surface area contributed by atoms with Crippen LogP contribution in [0.2, 0.25) is 0 Å². The van der Waals surface area contributed by atoms with Gasteiger partial charge in [0.15, 0.2) is 0 Å². The van der Waals surface area contributed by atoms with Crippen molar-refractivity contribution in [2.75, 3.05) is 0 Å². The van der Waals surface area contributed by atoms with E-state index in [0.29, 0.717) is 12.2 Å². The van der Waals surface area contributed by atoms with E-state index in [0.717, 1.165) is 28.1 Å². The molecular formula is C24H18FN5. The predicted molar refractivity (Wildman–Crippen MR) is 114 cm³/mol. The van der Waals surface area contributed by atoms with Crippen LogP contribution in [0, 0.1) is 5.82 Å². The lowest BCUT2D eigenvalue weighted by Gasteiger charge is -2.02. The highest BCUT2D eigenvalue weighted by Gasteiger charge is 2.14. The lowest BCUT2D eigenvalue weighted by molar-refractivity contribution is 0.628. The zero-order valence-electron chi connectivity index (χ0n) is 16.1. The molecule has 0 N–H and O–H groups in total. The van der Waals surface area contributed by atoms with Crippen LogP contribution in [0.5, 0.6) is 0 Å². The first-order valence-electron chi connectivity index (χ1n) is 9.62. The quantitative estimate of drug-likeness (QED) is 0.421. The largest absolute Gasteiger partial charge is 0.247 e. The Morgan fingerprint density at radius 1 is 0.733 bits per heavy atom. The Labute approximate surface area is 173 Å². The summed E-state index contributed by atoms with van der Waals surface area (Å²) in [4.78, 5) is 0. The van der Waals surface area contributed by atoms with Gasteiger partial charge in [-0.1, -0.05) is 53.7 Å². The zero-order chi connectivity index (χ0) is 20.3. The van der Waals surface area contributed by atoms with Crippen LogP contribution >= 0.6 is 0 Å². The van der Waals surface area contributed by atoms with E-state index in [4.69, 9.17) is 5.10 Å². The third kappa shape index (κ3) is 3.63. The van der Waals surface area contributed by atoms with Crippen LogP contribution in [0.3, 0.4) is 0 Å². The molecule has 0 fully saturated rings. The van der Waals surface area contributed by atoms with Gasteiger partial charge < -0.3 is 0 Å². The molecule has 0 saturated carbocycles. The monoisotopic (exact) mass is 395 g/mol. The molecule has 30 heavy (non-hydrogen) atoms. The highest BCUT2D eigenvalue weighted by molar-refractivity contribution is 5.63. The van der Waals surface area contributed by atoms with E-state index in [-0.39, 0.29) is 5.82 Å². The van der Waals surface area contributed by atoms with Gasteiger partial charge in [-0.05, 0) is 36.4 Å². The standard InChI is InChI=1S/C24H18FN5/c25-21-13-11-18(12-14-21)23-17-29(28-26-23)15-20-16-30(22-9-5-2-6-10-22)27-24(20)19-7-3-1-4-8-19/h1-14,16-17H,15H2. The van der Waals surface area contributed by atoms with Gasteiger partial charge in [0.1, 0.15) is 11.5 Å². The van der Waals surface area contributed by atoms with Gasteiger partial charge in [-0.2, -0.15) is 5.10 Å². The number of nitrogens with zero attached hydrogens (tertiary/aromatic N) is 5. The van der Waals surface area contributed by atoms with Crippen molar-refractivity contribution in [3.8, 4) is 28.2 Å². The minimum Gasteiger partial charge on any atom is -0.247 e. The van der Waals surface area contributed by atoms with Crippen molar-refractivity contribution < 1.29 is 4.39 Å². The van der Waals surface area contributed by atoms with Crippen LogP contribution in [0.4, 0.5) is 4.39 Å². The van der Waals surface area contributed by atoms with Crippen LogP contribution < -0.4 is 0 Å². The Morgan fingerprint density at radius 2 is 1.43 bits per heavy atom. The fraction of sp³-hybridized carbons (Fsp3) is 0.0417. The molecule has 0 spiro atoms. The van der Waals surface area contributed by atoms with Gasteiger partial charge in [0.25, 0.3) is 0 Å². The van der Waals surface area contributed by atoms with Crippen molar-refractivity contribution in [1.82, 2.24) is 24.8 Å². The van der Waals surface area contributed by atoms with E-state index in [9.17, 15) is 4.39 Å². The predicted octanol–water partition coefficient (Wildman–Crippen LogP) is 4.99. The van der Waals surface area contributed by atoms with E-state index < -0.39 is 0 Å². The molecule has 3 aromatic carbocycles. The molecule has 0 aliphatic rings. The number of halogens is 1. The van der Waals surface area contributed by atoms with Crippen molar-refractivity contribution >= 4 is 0 Å². The van der Waals surface area contributed by atoms with E-state index >= 15 is 0 Å². The summed E-state index contributed by atoms with van der Waals surface area (Å²) >= 11 is 0. The molecule has 0 unspecified atom stereocenters. The van der Waals surface area contributed by atoms with Crippen molar-refractivity contribution in [2.24, 2.45) is 0 Å². The molecule has 146 valence electrons. The third-order valence-corrected chi connectivity index (χ3v) is 4.87. The maximum absolute atomic E-state index is 13.2. The molecule has 5 aromatic rings. The SMILES string of the molecule is Fc1ccc(-c2cn(Cc3cn(-c4ccccc4)nc3-c3ccccc3)nn2)cc1. The third-order valence-electron chi connectivity index (χ3n) is 4.87. The summed E-state index contributed by atoms with van der Waals surface area (Å²) in [6, 6.07) is 26.3. The molecule has 6 heteroatoms. The van der Waals surface area contributed by atoms with Crippen LogP contribution in [-0.2, 0) is 6.54 Å². The van der Waals surface area contributed by atoms with Gasteiger partial charge in [0.2, 0.25) is 0 Å². The van der Waals surface area contributed by atoms with Gasteiger partial charge >= 0.3 is 0 Å². The second kappa shape index (κ2) is 7.75. The van der Waals surface area contributed by atoms with Gasteiger partial charge in [-0.25, -0.2) is 13.8 Å². The molecule has 0 atom stereocenters. The summed E-state index contributed by atoms with van der Waals surface area (Å²) in [5.74, 6) is -0.271. The van der Waals surface area contributed by atoms with Gasteiger partial charge in [0.05, 0.1) is 24.1 Å². The summed E-state index contributed by atoms with van der Waals surface area (Å²) in [7, 11) is 0. The van der Waals surface area contributed by atoms with E-state index in [1.807, 2.05) is 77.7 Å². The lowest BCUT2D eigenvalue weighted by Crippen LogP contribution is -2.01. The Balaban J connectivity index is 1.51. The maximum Gasteiger partial charge on any atom is 0.123 e. The zero-order valence-corrected chi connectivity index (χ0v) is 16.1. The number of rotatable bonds is 5. The molecule has 5 nitrogen and oxygen atoms in total. The Morgan fingerprint density at radius 3 is 2.17 bits per heavy atom. The van der Waals surface area contributed by atoms with Crippen LogP contribution in [0.1, 0.15) is 5.56 Å². The summed E-state index contributed by atoms with van der Waals surface area (Å²) in [5, 5.41) is 13.3. The first kappa shape index (κ1) is 18.0. The van der Waals surface area contributed by atoms with Crippen molar-refractivity contribution in [1.29, 1.82) is 0 Å². The number of para-hydroxylation sites is 1. The first-order valence-corrected chi connectivity index (χ1v) is 9.62. The number of aromatic nitrogens is 5. The smallest absolute Gasteiger partial charge is 0.123 e. The summed E-state index contributed by atoms with van der Waals surface area (Å²) in [5.41, 5.74) is 5.49. The highest BCUT2D eigenvalue weighted by atomic mass is 19.1. The van der Waals surface area contributed by atoms with E-state index in [2.05, 4.69) is 10.3 Å². The topological polar surface area (TPSA) is 48.5 Å². The minimum atomic E-state index is -0.271. The lowest BCUT2D eigenvalue weighted by atomic mass is 10.1. The maximum atomic E-state index is 13.2. The number of hydrogen-bond acceptors (Lipinski definition) is 3. The number of benzene rings is 3. The average Bonchev–Trinajstić information content (AvgIpc) is 3.43. The Kier molecular flexibility index (Phi) is 4.65. The van der Waals surface area contributed by atoms with Gasteiger partial charge in [-0.3, -0.25) is 0 Å². The summed E-state index contributed by atoms with van der Waals surface area (Å²) in [6.45, 7) is 0.519. The molecule has 5 rings (SSSR count). The molecule has 0 radical (unpaired) electrons. The normalized spacial score (nSPS) is 11.0. The van der Waals surface area contributed by atoms with Crippen molar-refractivity contribution in [2.45, 2.75) is 6.54 Å². The van der Waals surface area contributed by atoms with E-state index in [1.54, 1.807) is 16.8 Å². The fourth-order valence-electron chi connectivity index (χ4n) is 3.38. The molecule has 0 amide bonds.